The molecular weight excluding hydrogens is 212 g/mol. The summed E-state index contributed by atoms with van der Waals surface area (Å²) in [6.07, 6.45) is -0.0227. The van der Waals surface area contributed by atoms with Gasteiger partial charge in [-0.25, -0.2) is 0 Å². The summed E-state index contributed by atoms with van der Waals surface area (Å²) in [6.45, 7) is 6.54. The molecule has 6 heteroatoms. The summed E-state index contributed by atoms with van der Waals surface area (Å²) < 4.78 is 10.5. The van der Waals surface area contributed by atoms with Crippen molar-refractivity contribution in [2.24, 2.45) is 5.73 Å². The Labute approximate surface area is 96.2 Å². The van der Waals surface area contributed by atoms with Gasteiger partial charge in [-0.2, -0.15) is 0 Å². The average Bonchev–Trinajstić information content (AvgIpc) is 2.25. The zero-order chi connectivity index (χ0) is 12.6. The van der Waals surface area contributed by atoms with Crippen LogP contribution in [0.2, 0.25) is 0 Å². The highest BCUT2D eigenvalue weighted by atomic mass is 16.6. The third-order valence-electron chi connectivity index (χ3n) is 2.39. The van der Waals surface area contributed by atoms with Crippen LogP contribution in [0.25, 0.3) is 0 Å². The maximum atomic E-state index is 11.0. The van der Waals surface area contributed by atoms with Gasteiger partial charge < -0.3 is 15.2 Å². The van der Waals surface area contributed by atoms with Gasteiger partial charge in [-0.05, 0) is 13.8 Å². The van der Waals surface area contributed by atoms with Crippen LogP contribution in [-0.2, 0) is 9.47 Å². The Morgan fingerprint density at radius 1 is 1.44 bits per heavy atom. The first-order chi connectivity index (χ1) is 7.50. The van der Waals surface area contributed by atoms with Crippen LogP contribution < -0.4 is 5.73 Å². The van der Waals surface area contributed by atoms with Gasteiger partial charge in [0.15, 0.2) is 0 Å². The summed E-state index contributed by atoms with van der Waals surface area (Å²) in [4.78, 5) is 10.7. The van der Waals surface area contributed by atoms with Gasteiger partial charge >= 0.3 is 0 Å². The largest absolute Gasteiger partial charge is 0.377 e. The summed E-state index contributed by atoms with van der Waals surface area (Å²) >= 11 is 0. The number of hydrogen-bond acceptors (Lipinski definition) is 5. The molecule has 2 atom stereocenters. The molecule has 0 aliphatic rings. The summed E-state index contributed by atoms with van der Waals surface area (Å²) in [6, 6.07) is 0. The highest BCUT2D eigenvalue weighted by Gasteiger charge is 2.40. The molecule has 0 bridgehead atoms. The Morgan fingerprint density at radius 3 is 2.44 bits per heavy atom. The lowest BCUT2D eigenvalue weighted by Crippen LogP contribution is -2.45. The number of nitrogens with two attached hydrogens (primary N) is 1. The number of ether oxygens (including phenoxy) is 2. The predicted molar refractivity (Wildman–Crippen MR) is 61.0 cm³/mol. The van der Waals surface area contributed by atoms with Crippen molar-refractivity contribution >= 4 is 0 Å². The molecule has 0 aromatic heterocycles. The predicted octanol–water partition coefficient (Wildman–Crippen LogP) is 0.812. The van der Waals surface area contributed by atoms with Crippen LogP contribution in [-0.4, -0.2) is 42.9 Å². The van der Waals surface area contributed by atoms with Crippen molar-refractivity contribution in [3.05, 3.63) is 10.1 Å². The van der Waals surface area contributed by atoms with E-state index in [0.717, 1.165) is 0 Å². The zero-order valence-corrected chi connectivity index (χ0v) is 10.3. The molecule has 0 aliphatic heterocycles. The van der Waals surface area contributed by atoms with E-state index in [1.807, 2.05) is 13.8 Å². The van der Waals surface area contributed by atoms with Gasteiger partial charge in [-0.1, -0.05) is 0 Å². The molecule has 0 rings (SSSR count). The lowest BCUT2D eigenvalue weighted by atomic mass is 9.96. The molecule has 0 radical (unpaired) electrons. The monoisotopic (exact) mass is 234 g/mol. The topological polar surface area (TPSA) is 87.6 Å². The van der Waals surface area contributed by atoms with E-state index in [0.29, 0.717) is 13.2 Å². The minimum absolute atomic E-state index is 0.0834. The number of nitro groups is 1. The van der Waals surface area contributed by atoms with Crippen LogP contribution in [0.3, 0.4) is 0 Å². The maximum Gasteiger partial charge on any atom is 0.244 e. The van der Waals surface area contributed by atoms with E-state index in [2.05, 4.69) is 0 Å². The summed E-state index contributed by atoms with van der Waals surface area (Å²) in [5.41, 5.74) is 4.38. The quantitative estimate of drug-likeness (QED) is 0.471. The van der Waals surface area contributed by atoms with Crippen molar-refractivity contribution in [3.63, 3.8) is 0 Å². The second-order valence-corrected chi connectivity index (χ2v) is 3.91. The van der Waals surface area contributed by atoms with Crippen molar-refractivity contribution in [1.29, 1.82) is 0 Å². The average molecular weight is 234 g/mol. The van der Waals surface area contributed by atoms with E-state index in [1.165, 1.54) is 0 Å². The summed E-state index contributed by atoms with van der Waals surface area (Å²) in [5.74, 6) is 0. The fourth-order valence-corrected chi connectivity index (χ4v) is 1.44. The summed E-state index contributed by atoms with van der Waals surface area (Å²) in [5, 5.41) is 11.0. The second kappa shape index (κ2) is 7.54. The molecule has 0 heterocycles. The van der Waals surface area contributed by atoms with E-state index in [4.69, 9.17) is 15.2 Å². The molecule has 0 amide bonds. The Bertz CT molecular complexity index is 213. The van der Waals surface area contributed by atoms with Crippen molar-refractivity contribution in [3.8, 4) is 0 Å². The Morgan fingerprint density at radius 2 is 2.06 bits per heavy atom. The molecule has 0 aromatic carbocycles. The highest BCUT2D eigenvalue weighted by molar-refractivity contribution is 4.78. The van der Waals surface area contributed by atoms with Crippen molar-refractivity contribution < 1.29 is 14.4 Å². The normalized spacial score (nSPS) is 16.8. The molecule has 2 unspecified atom stereocenters. The van der Waals surface area contributed by atoms with E-state index >= 15 is 0 Å². The van der Waals surface area contributed by atoms with E-state index in [1.54, 1.807) is 6.92 Å². The van der Waals surface area contributed by atoms with Crippen LogP contribution in [0, 0.1) is 10.1 Å². The van der Waals surface area contributed by atoms with Gasteiger partial charge in [0.05, 0.1) is 6.10 Å². The van der Waals surface area contributed by atoms with E-state index < -0.39 is 5.54 Å². The third kappa shape index (κ3) is 4.87. The molecule has 0 saturated heterocycles. The fraction of sp³-hybridized carbons (Fsp3) is 1.00. The van der Waals surface area contributed by atoms with Gasteiger partial charge in [-0.15, -0.1) is 0 Å². The second-order valence-electron chi connectivity index (χ2n) is 3.91. The first kappa shape index (κ1) is 15.3. The van der Waals surface area contributed by atoms with Crippen LogP contribution in [0.4, 0.5) is 0 Å². The molecule has 0 aromatic rings. The molecule has 96 valence electrons. The Balaban J connectivity index is 4.45. The first-order valence-corrected chi connectivity index (χ1v) is 5.54. The van der Waals surface area contributed by atoms with Crippen molar-refractivity contribution in [1.82, 2.24) is 0 Å². The van der Waals surface area contributed by atoms with E-state index in [-0.39, 0.29) is 30.6 Å². The third-order valence-corrected chi connectivity index (χ3v) is 2.39. The summed E-state index contributed by atoms with van der Waals surface area (Å²) in [7, 11) is 0. The van der Waals surface area contributed by atoms with Crippen molar-refractivity contribution in [2.75, 3.05) is 26.4 Å². The van der Waals surface area contributed by atoms with E-state index in [9.17, 15) is 10.1 Å². The van der Waals surface area contributed by atoms with Crippen LogP contribution >= 0.6 is 0 Å². The van der Waals surface area contributed by atoms with Gasteiger partial charge in [0.2, 0.25) is 5.54 Å². The minimum atomic E-state index is -1.13. The molecule has 0 fully saturated rings. The van der Waals surface area contributed by atoms with Gasteiger partial charge in [-0.3, -0.25) is 10.1 Å². The lowest BCUT2D eigenvalue weighted by molar-refractivity contribution is -0.572. The highest BCUT2D eigenvalue weighted by Crippen LogP contribution is 2.19. The smallest absolute Gasteiger partial charge is 0.244 e. The molecule has 16 heavy (non-hydrogen) atoms. The first-order valence-electron chi connectivity index (χ1n) is 5.54. The zero-order valence-electron chi connectivity index (χ0n) is 10.3. The Kier molecular flexibility index (Phi) is 7.20. The van der Waals surface area contributed by atoms with Crippen molar-refractivity contribution in [2.45, 2.75) is 38.8 Å². The molecule has 0 saturated carbocycles. The molecule has 0 aliphatic carbocycles. The number of nitrogens with zero attached hydrogens (tertiary/aromatic N) is 1. The standard InChI is InChI=1S/C10H22N2O4/c1-4-15-8-10(3,12(13)14)6-9(7-11)16-5-2/h9H,4-8,11H2,1-3H3. The molecule has 6 nitrogen and oxygen atoms in total. The van der Waals surface area contributed by atoms with Gasteiger partial charge in [0.25, 0.3) is 0 Å². The van der Waals surface area contributed by atoms with Crippen LogP contribution in [0.5, 0.6) is 0 Å². The molecule has 0 spiro atoms. The molecular formula is C10H22N2O4. The fourth-order valence-electron chi connectivity index (χ4n) is 1.44. The van der Waals surface area contributed by atoms with Gasteiger partial charge in [0, 0.05) is 38.0 Å². The molecule has 2 N–H and O–H groups in total. The number of hydrogen-bond donors (Lipinski definition) is 1. The maximum absolute atomic E-state index is 11.0. The van der Waals surface area contributed by atoms with Gasteiger partial charge in [0.1, 0.15) is 6.61 Å². The number of rotatable bonds is 9. The lowest BCUT2D eigenvalue weighted by Gasteiger charge is -2.25. The Hall–Kier alpha value is -0.720. The SMILES string of the molecule is CCOCC(C)(CC(CN)OCC)[N+](=O)[O-]. The van der Waals surface area contributed by atoms with Crippen LogP contribution in [0.1, 0.15) is 27.2 Å². The van der Waals surface area contributed by atoms with Crippen LogP contribution in [0.15, 0.2) is 0 Å². The minimum Gasteiger partial charge on any atom is -0.377 e.